The number of benzene rings is 1. The van der Waals surface area contributed by atoms with Crippen LogP contribution in [0.15, 0.2) is 18.2 Å². The number of rotatable bonds is 5. The molecule has 0 saturated heterocycles. The van der Waals surface area contributed by atoms with E-state index in [1.807, 2.05) is 0 Å². The van der Waals surface area contributed by atoms with Crippen LogP contribution < -0.4 is 4.74 Å². The molecule has 0 spiro atoms. The van der Waals surface area contributed by atoms with Gasteiger partial charge in [0.15, 0.2) is 0 Å². The fourth-order valence-corrected chi connectivity index (χ4v) is 1.32. The molecular weight excluding hydrogens is 310 g/mol. The maximum atomic E-state index is 12.7. The molecule has 0 radical (unpaired) electrons. The van der Waals surface area contributed by atoms with E-state index in [1.165, 1.54) is 0 Å². The standard InChI is InChI=1S/C11H8F6O4/c12-10(13,14)7-5-6(9(18)19)1-2-8(7)20-3-4-21-11(15,16)17/h1-2,5H,3-4H2,(H,18,19). The first-order valence-corrected chi connectivity index (χ1v) is 5.29. The number of ether oxygens (including phenoxy) is 2. The van der Waals surface area contributed by atoms with Gasteiger partial charge in [-0.25, -0.2) is 4.79 Å². The van der Waals surface area contributed by atoms with Crippen LogP contribution in [0, 0.1) is 0 Å². The lowest BCUT2D eigenvalue weighted by Crippen LogP contribution is -2.19. The lowest BCUT2D eigenvalue weighted by Gasteiger charge is -2.15. The van der Waals surface area contributed by atoms with Gasteiger partial charge in [-0.05, 0) is 18.2 Å². The van der Waals surface area contributed by atoms with E-state index in [0.29, 0.717) is 6.07 Å². The number of carboxylic acid groups (broad SMARTS) is 1. The molecule has 0 heterocycles. The van der Waals surface area contributed by atoms with E-state index in [2.05, 4.69) is 9.47 Å². The van der Waals surface area contributed by atoms with Crippen LogP contribution in [-0.2, 0) is 10.9 Å². The Morgan fingerprint density at radius 1 is 1.10 bits per heavy atom. The van der Waals surface area contributed by atoms with E-state index < -0.39 is 48.6 Å². The van der Waals surface area contributed by atoms with Gasteiger partial charge in [0.2, 0.25) is 0 Å². The van der Waals surface area contributed by atoms with Crippen LogP contribution in [0.2, 0.25) is 0 Å². The van der Waals surface area contributed by atoms with Crippen molar-refractivity contribution in [3.05, 3.63) is 29.3 Å². The molecule has 4 nitrogen and oxygen atoms in total. The Labute approximate surface area is 113 Å². The number of hydrogen-bond acceptors (Lipinski definition) is 3. The van der Waals surface area contributed by atoms with Gasteiger partial charge in [0.25, 0.3) is 0 Å². The van der Waals surface area contributed by atoms with Gasteiger partial charge in [0, 0.05) is 0 Å². The zero-order valence-corrected chi connectivity index (χ0v) is 10.1. The molecule has 21 heavy (non-hydrogen) atoms. The highest BCUT2D eigenvalue weighted by Crippen LogP contribution is 2.36. The highest BCUT2D eigenvalue weighted by molar-refractivity contribution is 5.88. The zero-order chi connectivity index (χ0) is 16.3. The summed E-state index contributed by atoms with van der Waals surface area (Å²) >= 11 is 0. The molecular formula is C11H8F6O4. The van der Waals surface area contributed by atoms with Gasteiger partial charge in [-0.3, -0.25) is 4.74 Å². The van der Waals surface area contributed by atoms with Gasteiger partial charge in [-0.1, -0.05) is 0 Å². The Morgan fingerprint density at radius 2 is 1.71 bits per heavy atom. The second-order valence-electron chi connectivity index (χ2n) is 3.66. The molecule has 1 N–H and O–H groups in total. The largest absolute Gasteiger partial charge is 0.522 e. The Morgan fingerprint density at radius 3 is 2.19 bits per heavy atom. The van der Waals surface area contributed by atoms with Gasteiger partial charge in [0.05, 0.1) is 17.7 Å². The molecule has 0 atom stereocenters. The van der Waals surface area contributed by atoms with E-state index in [9.17, 15) is 31.1 Å². The second-order valence-corrected chi connectivity index (χ2v) is 3.66. The summed E-state index contributed by atoms with van der Waals surface area (Å²) in [6.45, 7) is -1.78. The highest BCUT2D eigenvalue weighted by Gasteiger charge is 2.35. The monoisotopic (exact) mass is 318 g/mol. The van der Waals surface area contributed by atoms with Gasteiger partial charge in [-0.15, -0.1) is 13.2 Å². The van der Waals surface area contributed by atoms with Crippen molar-refractivity contribution in [2.75, 3.05) is 13.2 Å². The predicted octanol–water partition coefficient (Wildman–Crippen LogP) is 3.32. The van der Waals surface area contributed by atoms with Crippen molar-refractivity contribution in [1.29, 1.82) is 0 Å². The van der Waals surface area contributed by atoms with E-state index in [1.54, 1.807) is 0 Å². The summed E-state index contributed by atoms with van der Waals surface area (Å²) in [7, 11) is 0. The van der Waals surface area contributed by atoms with Crippen LogP contribution in [-0.4, -0.2) is 30.7 Å². The van der Waals surface area contributed by atoms with Crippen LogP contribution in [0.1, 0.15) is 15.9 Å². The van der Waals surface area contributed by atoms with Crippen LogP contribution in [0.3, 0.4) is 0 Å². The number of alkyl halides is 6. The smallest absolute Gasteiger partial charge is 0.491 e. The summed E-state index contributed by atoms with van der Waals surface area (Å²) < 4.78 is 81.0. The lowest BCUT2D eigenvalue weighted by atomic mass is 10.1. The molecule has 0 bridgehead atoms. The average molecular weight is 318 g/mol. The van der Waals surface area contributed by atoms with Crippen molar-refractivity contribution in [3.8, 4) is 5.75 Å². The quantitative estimate of drug-likeness (QED) is 0.668. The predicted molar refractivity (Wildman–Crippen MR) is 55.9 cm³/mol. The molecule has 0 aliphatic heterocycles. The summed E-state index contributed by atoms with van der Waals surface area (Å²) in [5.74, 6) is -2.36. The number of halogens is 6. The maximum Gasteiger partial charge on any atom is 0.522 e. The first-order chi connectivity index (χ1) is 9.50. The van der Waals surface area contributed by atoms with Gasteiger partial charge >= 0.3 is 18.5 Å². The topological polar surface area (TPSA) is 55.8 Å². The molecule has 0 amide bonds. The molecule has 0 fully saturated rings. The highest BCUT2D eigenvalue weighted by atomic mass is 19.4. The molecule has 118 valence electrons. The fraction of sp³-hybridized carbons (Fsp3) is 0.364. The minimum atomic E-state index is -4.91. The van der Waals surface area contributed by atoms with E-state index >= 15 is 0 Å². The van der Waals surface area contributed by atoms with Crippen molar-refractivity contribution in [2.45, 2.75) is 12.5 Å². The Bertz CT molecular complexity index is 508. The second kappa shape index (κ2) is 6.20. The Kier molecular flexibility index (Phi) is 5.05. The maximum absolute atomic E-state index is 12.7. The SMILES string of the molecule is O=C(O)c1ccc(OCCOC(F)(F)F)c(C(F)(F)F)c1. The average Bonchev–Trinajstić information content (AvgIpc) is 2.32. The molecule has 0 unspecified atom stereocenters. The number of hydrogen-bond donors (Lipinski definition) is 1. The molecule has 1 aromatic carbocycles. The molecule has 1 rings (SSSR count). The summed E-state index contributed by atoms with van der Waals surface area (Å²) in [6.07, 6.45) is -9.82. The Hall–Kier alpha value is -1.97. The van der Waals surface area contributed by atoms with Crippen molar-refractivity contribution in [2.24, 2.45) is 0 Å². The van der Waals surface area contributed by atoms with E-state index in [-0.39, 0.29) is 0 Å². The van der Waals surface area contributed by atoms with Crippen LogP contribution in [0.5, 0.6) is 5.75 Å². The third kappa shape index (κ3) is 5.50. The number of carbonyl (C=O) groups is 1. The zero-order valence-electron chi connectivity index (χ0n) is 10.1. The normalized spacial score (nSPS) is 12.3. The summed E-state index contributed by atoms with van der Waals surface area (Å²) in [5, 5.41) is 8.62. The molecule has 0 aromatic heterocycles. The van der Waals surface area contributed by atoms with Gasteiger partial charge in [0.1, 0.15) is 12.4 Å². The van der Waals surface area contributed by atoms with Crippen LogP contribution in [0.25, 0.3) is 0 Å². The first-order valence-electron chi connectivity index (χ1n) is 5.29. The minimum Gasteiger partial charge on any atom is -0.491 e. The fourth-order valence-electron chi connectivity index (χ4n) is 1.32. The number of carboxylic acids is 1. The summed E-state index contributed by atoms with van der Waals surface area (Å²) in [6, 6.07) is 1.90. The molecule has 0 aliphatic carbocycles. The van der Waals surface area contributed by atoms with Crippen molar-refractivity contribution in [3.63, 3.8) is 0 Å². The molecule has 10 heteroatoms. The third-order valence-electron chi connectivity index (χ3n) is 2.14. The Balaban J connectivity index is 2.84. The lowest BCUT2D eigenvalue weighted by molar-refractivity contribution is -0.325. The van der Waals surface area contributed by atoms with Crippen molar-refractivity contribution < 1.29 is 45.7 Å². The van der Waals surface area contributed by atoms with Crippen LogP contribution >= 0.6 is 0 Å². The minimum absolute atomic E-state index is 0.336. The molecule has 1 aromatic rings. The van der Waals surface area contributed by atoms with Crippen molar-refractivity contribution in [1.82, 2.24) is 0 Å². The summed E-state index contributed by atoms with van der Waals surface area (Å²) in [5.41, 5.74) is -2.02. The van der Waals surface area contributed by atoms with Gasteiger partial charge < -0.3 is 9.84 Å². The van der Waals surface area contributed by atoms with E-state index in [0.717, 1.165) is 12.1 Å². The summed E-state index contributed by atoms with van der Waals surface area (Å²) in [4.78, 5) is 10.6. The van der Waals surface area contributed by atoms with Crippen molar-refractivity contribution >= 4 is 5.97 Å². The third-order valence-corrected chi connectivity index (χ3v) is 2.14. The van der Waals surface area contributed by atoms with Crippen LogP contribution in [0.4, 0.5) is 26.3 Å². The number of aromatic carboxylic acids is 1. The van der Waals surface area contributed by atoms with E-state index in [4.69, 9.17) is 5.11 Å². The first kappa shape index (κ1) is 17.1. The molecule has 0 saturated carbocycles. The molecule has 0 aliphatic rings. The van der Waals surface area contributed by atoms with Gasteiger partial charge in [-0.2, -0.15) is 13.2 Å².